The molecule has 0 saturated carbocycles. The Morgan fingerprint density at radius 3 is 2.70 bits per heavy atom. The fraction of sp³-hybridized carbons (Fsp3) is 0.429. The number of ether oxygens (including phenoxy) is 1. The zero-order chi connectivity index (χ0) is 29.4. The lowest BCUT2D eigenvalue weighted by Gasteiger charge is -2.17. The number of carbonyl (C=O) groups is 3. The van der Waals surface area contributed by atoms with Gasteiger partial charge >= 0.3 is 6.09 Å². The number of rotatable bonds is 11. The van der Waals surface area contributed by atoms with Gasteiger partial charge in [0.25, 0.3) is 5.56 Å². The maximum absolute atomic E-state index is 14.4. The van der Waals surface area contributed by atoms with Crippen molar-refractivity contribution in [1.29, 1.82) is 0 Å². The zero-order valence-corrected chi connectivity index (χ0v) is 23.4. The monoisotopic (exact) mass is 554 g/mol. The molecule has 0 spiro atoms. The molecule has 0 aliphatic carbocycles. The van der Waals surface area contributed by atoms with Gasteiger partial charge in [-0.15, -0.1) is 0 Å². The summed E-state index contributed by atoms with van der Waals surface area (Å²) >= 11 is 0. The van der Waals surface area contributed by atoms with Gasteiger partial charge in [0.15, 0.2) is 0 Å². The number of nitrogens with zero attached hydrogens (tertiary/aromatic N) is 4. The molecule has 0 fully saturated rings. The second-order valence-corrected chi connectivity index (χ2v) is 10.1. The summed E-state index contributed by atoms with van der Waals surface area (Å²) < 4.78 is 20.5. The van der Waals surface area contributed by atoms with Gasteiger partial charge in [0.05, 0.1) is 31.2 Å². The molecule has 2 aromatic rings. The highest BCUT2D eigenvalue weighted by atomic mass is 19.1. The minimum absolute atomic E-state index is 0.0169. The molecular formula is C28H35FN6O5. The number of hydrogen-bond donors (Lipinski definition) is 2. The first-order valence-corrected chi connectivity index (χ1v) is 12.9. The molecule has 214 valence electrons. The molecule has 1 atom stereocenters. The lowest BCUT2D eigenvalue weighted by atomic mass is 10.0. The highest BCUT2D eigenvalue weighted by Crippen LogP contribution is 2.32. The Morgan fingerprint density at radius 1 is 1.27 bits per heavy atom. The van der Waals surface area contributed by atoms with E-state index in [-0.39, 0.29) is 30.5 Å². The number of pyridine rings is 2. The SMILES string of the molecule is COC(=O)N[C@@H](CC/C=C/C(=O)N(C)C)C(=O)Nc1cccn(CC2=Nc3c(ncc(F)c3CC(C)C)C2)c1=O. The molecule has 1 aliphatic rings. The molecule has 2 N–H and O–H groups in total. The number of amides is 3. The second-order valence-electron chi connectivity index (χ2n) is 10.1. The number of aliphatic imine (C=N–C) groups is 1. The van der Waals surface area contributed by atoms with Crippen molar-refractivity contribution in [2.45, 2.75) is 52.1 Å². The van der Waals surface area contributed by atoms with Crippen LogP contribution < -0.4 is 16.2 Å². The number of alkyl carbamates (subject to hydrolysis) is 1. The van der Waals surface area contributed by atoms with E-state index in [0.29, 0.717) is 41.9 Å². The molecule has 0 radical (unpaired) electrons. The predicted octanol–water partition coefficient (Wildman–Crippen LogP) is 3.00. The summed E-state index contributed by atoms with van der Waals surface area (Å²) in [5.74, 6) is -0.985. The Morgan fingerprint density at radius 2 is 2.02 bits per heavy atom. The molecule has 2 aromatic heterocycles. The van der Waals surface area contributed by atoms with Gasteiger partial charge in [-0.1, -0.05) is 19.9 Å². The first kappa shape index (κ1) is 30.2. The van der Waals surface area contributed by atoms with Crippen LogP contribution >= 0.6 is 0 Å². The van der Waals surface area contributed by atoms with Crippen LogP contribution in [0.5, 0.6) is 0 Å². The number of fused-ring (bicyclic) bond motifs is 1. The largest absolute Gasteiger partial charge is 0.453 e. The normalized spacial score (nSPS) is 13.1. The van der Waals surface area contributed by atoms with E-state index in [9.17, 15) is 23.6 Å². The lowest BCUT2D eigenvalue weighted by Crippen LogP contribution is -2.44. The summed E-state index contributed by atoms with van der Waals surface area (Å²) in [5, 5.41) is 5.04. The van der Waals surface area contributed by atoms with Gasteiger partial charge in [0.2, 0.25) is 11.8 Å². The predicted molar refractivity (Wildman–Crippen MR) is 149 cm³/mol. The van der Waals surface area contributed by atoms with Crippen molar-refractivity contribution in [2.24, 2.45) is 10.9 Å². The Balaban J connectivity index is 1.74. The molecule has 1 aliphatic heterocycles. The fourth-order valence-electron chi connectivity index (χ4n) is 4.15. The molecule has 12 heteroatoms. The number of allylic oxidation sites excluding steroid dienone is 1. The van der Waals surface area contributed by atoms with E-state index in [1.54, 1.807) is 32.4 Å². The number of likely N-dealkylation sites (N-methyl/N-ethyl adjacent to an activating group) is 1. The highest BCUT2D eigenvalue weighted by molar-refractivity contribution is 5.97. The van der Waals surface area contributed by atoms with Gasteiger partial charge in [-0.05, 0) is 43.4 Å². The summed E-state index contributed by atoms with van der Waals surface area (Å²) in [6.07, 6.45) is 6.35. The van der Waals surface area contributed by atoms with Crippen molar-refractivity contribution in [3.63, 3.8) is 0 Å². The Hall–Kier alpha value is -4.35. The van der Waals surface area contributed by atoms with Crippen molar-refractivity contribution < 1.29 is 23.5 Å². The highest BCUT2D eigenvalue weighted by Gasteiger charge is 2.24. The maximum atomic E-state index is 14.4. The summed E-state index contributed by atoms with van der Waals surface area (Å²) in [5.41, 5.74) is 1.91. The molecule has 11 nitrogen and oxygen atoms in total. The van der Waals surface area contributed by atoms with Crippen LogP contribution in [-0.2, 0) is 33.7 Å². The van der Waals surface area contributed by atoms with E-state index < -0.39 is 29.4 Å². The molecule has 0 unspecified atom stereocenters. The smallest absolute Gasteiger partial charge is 0.407 e. The Bertz CT molecular complexity index is 1380. The van der Waals surface area contributed by atoms with Crippen LogP contribution in [0.4, 0.5) is 20.6 Å². The number of carbonyl (C=O) groups excluding carboxylic acids is 3. The van der Waals surface area contributed by atoms with Crippen molar-refractivity contribution in [2.75, 3.05) is 26.5 Å². The van der Waals surface area contributed by atoms with E-state index in [2.05, 4.69) is 25.3 Å². The molecule has 3 amide bonds. The van der Waals surface area contributed by atoms with Crippen molar-refractivity contribution in [1.82, 2.24) is 19.8 Å². The topological polar surface area (TPSA) is 135 Å². The van der Waals surface area contributed by atoms with Gasteiger partial charge in [0, 0.05) is 38.0 Å². The minimum Gasteiger partial charge on any atom is -0.453 e. The standard InChI is InChI=1S/C28H35FN6O5/c1-17(2)13-19-20(29)15-30-23-14-18(31-25(19)23)16-35-12-8-10-22(27(35)38)32-26(37)21(33-28(39)40-5)9-6-7-11-24(36)34(3)4/h7-8,10-12,15,17,21H,6,9,13-14,16H2,1-5H3,(H,32,37)(H,33,39)/b11-7+/t21-/m0/s1. The summed E-state index contributed by atoms with van der Waals surface area (Å²) in [4.78, 5) is 59.9. The molecule has 0 bridgehead atoms. The minimum atomic E-state index is -1.02. The van der Waals surface area contributed by atoms with Crippen LogP contribution in [0.1, 0.15) is 37.9 Å². The van der Waals surface area contributed by atoms with Crippen molar-refractivity contribution in [3.05, 3.63) is 64.1 Å². The van der Waals surface area contributed by atoms with Gasteiger partial charge in [-0.25, -0.2) is 9.18 Å². The van der Waals surface area contributed by atoms with Crippen LogP contribution in [0.15, 0.2) is 46.5 Å². The van der Waals surface area contributed by atoms with E-state index in [0.717, 1.165) is 0 Å². The molecule has 3 heterocycles. The third-order valence-corrected chi connectivity index (χ3v) is 6.18. The van der Waals surface area contributed by atoms with E-state index in [4.69, 9.17) is 0 Å². The number of hydrogen-bond acceptors (Lipinski definition) is 7. The number of methoxy groups -OCH3 is 1. The van der Waals surface area contributed by atoms with Crippen LogP contribution in [0.2, 0.25) is 0 Å². The van der Waals surface area contributed by atoms with Gasteiger partial charge in [0.1, 0.15) is 17.5 Å². The van der Waals surface area contributed by atoms with E-state index in [1.807, 2.05) is 13.8 Å². The Labute approximate surface area is 232 Å². The summed E-state index contributed by atoms with van der Waals surface area (Å²) in [6.45, 7) is 4.13. The van der Waals surface area contributed by atoms with E-state index >= 15 is 0 Å². The molecule has 40 heavy (non-hydrogen) atoms. The van der Waals surface area contributed by atoms with Crippen molar-refractivity contribution in [3.8, 4) is 0 Å². The third-order valence-electron chi connectivity index (χ3n) is 6.18. The van der Waals surface area contributed by atoms with Gasteiger partial charge in [-0.3, -0.25) is 24.4 Å². The molecule has 0 aromatic carbocycles. The molecular weight excluding hydrogens is 519 g/mol. The van der Waals surface area contributed by atoms with Crippen molar-refractivity contribution >= 4 is 35.0 Å². The number of nitrogens with one attached hydrogen (secondary N) is 2. The van der Waals surface area contributed by atoms with Crippen LogP contribution in [0.25, 0.3) is 0 Å². The maximum Gasteiger partial charge on any atom is 0.407 e. The summed E-state index contributed by atoms with van der Waals surface area (Å²) in [7, 11) is 4.41. The fourth-order valence-corrected chi connectivity index (χ4v) is 4.15. The average molecular weight is 555 g/mol. The number of aromatic nitrogens is 2. The third kappa shape index (κ3) is 7.84. The Kier molecular flexibility index (Phi) is 10.3. The summed E-state index contributed by atoms with van der Waals surface area (Å²) in [6, 6.07) is 2.05. The van der Waals surface area contributed by atoms with E-state index in [1.165, 1.54) is 34.9 Å². The molecule has 0 saturated heterocycles. The van der Waals surface area contributed by atoms with Crippen LogP contribution in [0.3, 0.4) is 0 Å². The zero-order valence-electron chi connectivity index (χ0n) is 23.4. The van der Waals surface area contributed by atoms with Gasteiger partial charge in [-0.2, -0.15) is 0 Å². The number of halogens is 1. The average Bonchev–Trinajstić information content (AvgIpc) is 3.32. The van der Waals surface area contributed by atoms with Crippen LogP contribution in [0, 0.1) is 11.7 Å². The number of anilines is 1. The second kappa shape index (κ2) is 13.6. The lowest BCUT2D eigenvalue weighted by molar-refractivity contribution is -0.123. The van der Waals surface area contributed by atoms with Gasteiger partial charge < -0.3 is 24.8 Å². The quantitative estimate of drug-likeness (QED) is 0.410. The first-order chi connectivity index (χ1) is 19.0. The van der Waals surface area contributed by atoms with Crippen LogP contribution in [-0.4, -0.2) is 65.3 Å². The first-order valence-electron chi connectivity index (χ1n) is 12.9. The molecule has 3 rings (SSSR count).